The summed E-state index contributed by atoms with van der Waals surface area (Å²) in [6, 6.07) is 6.36. The van der Waals surface area contributed by atoms with E-state index in [9.17, 15) is 9.59 Å². The second kappa shape index (κ2) is 7.12. The van der Waals surface area contributed by atoms with E-state index in [-0.39, 0.29) is 11.6 Å². The number of fused-ring (bicyclic) bond motifs is 3. The highest BCUT2D eigenvalue weighted by atomic mass is 16.2. The Bertz CT molecular complexity index is 1090. The average Bonchev–Trinajstić information content (AvgIpc) is 3.04. The molecule has 1 aromatic carbocycles. The second-order valence-corrected chi connectivity index (χ2v) is 9.67. The van der Waals surface area contributed by atoms with Gasteiger partial charge in [-0.2, -0.15) is 0 Å². The molecule has 152 valence electrons. The molecular formula is C26H31NO2. The molecule has 2 aliphatic carbocycles. The van der Waals surface area contributed by atoms with Crippen molar-refractivity contribution in [2.24, 2.45) is 5.41 Å². The van der Waals surface area contributed by atoms with Gasteiger partial charge in [-0.15, -0.1) is 0 Å². The van der Waals surface area contributed by atoms with E-state index in [0.717, 1.165) is 54.3 Å². The van der Waals surface area contributed by atoms with Crippen molar-refractivity contribution in [2.75, 3.05) is 0 Å². The summed E-state index contributed by atoms with van der Waals surface area (Å²) in [6.45, 7) is 10.8. The first-order valence-electron chi connectivity index (χ1n) is 10.8. The van der Waals surface area contributed by atoms with Crippen molar-refractivity contribution in [1.82, 2.24) is 4.98 Å². The Morgan fingerprint density at radius 3 is 2.55 bits per heavy atom. The number of aromatic amines is 1. The summed E-state index contributed by atoms with van der Waals surface area (Å²) in [5, 5.41) is 0.895. The minimum Gasteiger partial charge on any atom is -0.354 e. The standard InChI is InChI=1S/C26H31NO2/c1-6-7-19-16(3)24(28)25(29)22-20-13-17(8-9-21(20)27-23(19)22)12-18-10-11-26(4,5)14-15(18)2/h8-9,13,27H,6-7,10-12,14H2,1-5H3. The number of Topliss-reactive ketones (excluding diaryl/α,β-unsaturated/α-hetero) is 2. The third-order valence-electron chi connectivity index (χ3n) is 6.76. The van der Waals surface area contributed by atoms with Crippen LogP contribution in [0.25, 0.3) is 16.5 Å². The molecule has 0 fully saturated rings. The van der Waals surface area contributed by atoms with Crippen LogP contribution in [-0.4, -0.2) is 16.6 Å². The average molecular weight is 390 g/mol. The minimum absolute atomic E-state index is 0.347. The quantitative estimate of drug-likeness (QED) is 0.474. The first-order chi connectivity index (χ1) is 13.7. The summed E-state index contributed by atoms with van der Waals surface area (Å²) in [6.07, 6.45) is 6.19. The highest BCUT2D eigenvalue weighted by Crippen LogP contribution is 2.40. The number of hydrogen-bond acceptors (Lipinski definition) is 2. The van der Waals surface area contributed by atoms with E-state index in [0.29, 0.717) is 16.6 Å². The fourth-order valence-corrected chi connectivity index (χ4v) is 5.10. The molecule has 1 heterocycles. The van der Waals surface area contributed by atoms with E-state index in [1.54, 1.807) is 6.92 Å². The number of hydrogen-bond donors (Lipinski definition) is 1. The second-order valence-electron chi connectivity index (χ2n) is 9.67. The highest BCUT2D eigenvalue weighted by molar-refractivity contribution is 6.54. The lowest BCUT2D eigenvalue weighted by Crippen LogP contribution is -2.22. The van der Waals surface area contributed by atoms with Crippen LogP contribution in [0.15, 0.2) is 34.9 Å². The van der Waals surface area contributed by atoms with E-state index in [1.165, 1.54) is 23.1 Å². The minimum atomic E-state index is -0.365. The van der Waals surface area contributed by atoms with Crippen LogP contribution >= 0.6 is 0 Å². The molecule has 1 aromatic heterocycles. The SMILES string of the molecule is CCCC1=C(C)C(=O)C(=O)c2c1[nH]c1ccc(CC3=C(C)CC(C)(C)CC3)cc21. The van der Waals surface area contributed by atoms with Gasteiger partial charge in [-0.05, 0) is 74.6 Å². The Morgan fingerprint density at radius 2 is 1.86 bits per heavy atom. The molecule has 3 nitrogen and oxygen atoms in total. The molecule has 0 amide bonds. The first kappa shape index (κ1) is 19.9. The Labute approximate surface area is 173 Å². The third kappa shape index (κ3) is 3.41. The lowest BCUT2D eigenvalue weighted by atomic mass is 9.73. The van der Waals surface area contributed by atoms with Gasteiger partial charge in [0.25, 0.3) is 0 Å². The van der Waals surface area contributed by atoms with Crippen molar-refractivity contribution in [1.29, 1.82) is 0 Å². The Balaban J connectivity index is 1.77. The van der Waals surface area contributed by atoms with Crippen LogP contribution in [0.3, 0.4) is 0 Å². The summed E-state index contributed by atoms with van der Waals surface area (Å²) in [4.78, 5) is 28.9. The molecule has 0 unspecified atom stereocenters. The van der Waals surface area contributed by atoms with Gasteiger partial charge in [0.15, 0.2) is 0 Å². The molecule has 3 heteroatoms. The van der Waals surface area contributed by atoms with Gasteiger partial charge in [-0.3, -0.25) is 9.59 Å². The van der Waals surface area contributed by atoms with Crippen LogP contribution < -0.4 is 0 Å². The number of ketones is 2. The number of aromatic nitrogens is 1. The number of carbonyl (C=O) groups is 2. The van der Waals surface area contributed by atoms with Gasteiger partial charge in [-0.1, -0.05) is 44.4 Å². The molecule has 4 rings (SSSR count). The summed E-state index contributed by atoms with van der Waals surface area (Å²) in [5.41, 5.74) is 8.62. The number of rotatable bonds is 4. The lowest BCUT2D eigenvalue weighted by Gasteiger charge is -2.32. The molecule has 2 aromatic rings. The molecule has 0 saturated heterocycles. The largest absolute Gasteiger partial charge is 0.354 e. The molecule has 0 bridgehead atoms. The maximum Gasteiger partial charge on any atom is 0.235 e. The zero-order valence-corrected chi connectivity index (χ0v) is 18.3. The smallest absolute Gasteiger partial charge is 0.235 e. The van der Waals surface area contributed by atoms with Crippen molar-refractivity contribution in [3.63, 3.8) is 0 Å². The van der Waals surface area contributed by atoms with Crippen LogP contribution in [0, 0.1) is 5.41 Å². The Hall–Kier alpha value is -2.42. The molecule has 0 atom stereocenters. The van der Waals surface area contributed by atoms with Crippen LogP contribution in [0.1, 0.15) is 88.3 Å². The van der Waals surface area contributed by atoms with Gasteiger partial charge in [0.1, 0.15) is 0 Å². The molecular weight excluding hydrogens is 358 g/mol. The normalized spacial score (nSPS) is 19.3. The van der Waals surface area contributed by atoms with Crippen LogP contribution in [0.2, 0.25) is 0 Å². The van der Waals surface area contributed by atoms with Gasteiger partial charge in [0.05, 0.1) is 11.3 Å². The monoisotopic (exact) mass is 389 g/mol. The van der Waals surface area contributed by atoms with Crippen molar-refractivity contribution < 1.29 is 9.59 Å². The number of nitrogens with one attached hydrogen (secondary N) is 1. The third-order valence-corrected chi connectivity index (χ3v) is 6.76. The van der Waals surface area contributed by atoms with Gasteiger partial charge in [0, 0.05) is 16.5 Å². The molecule has 0 saturated carbocycles. The van der Waals surface area contributed by atoms with Crippen LogP contribution in [0.4, 0.5) is 0 Å². The molecule has 2 aliphatic rings. The Kier molecular flexibility index (Phi) is 4.88. The van der Waals surface area contributed by atoms with Gasteiger partial charge < -0.3 is 4.98 Å². The number of carbonyl (C=O) groups excluding carboxylic acids is 2. The van der Waals surface area contributed by atoms with Gasteiger partial charge >= 0.3 is 0 Å². The number of H-pyrrole nitrogens is 1. The van der Waals surface area contributed by atoms with Crippen LogP contribution in [-0.2, 0) is 11.2 Å². The Morgan fingerprint density at radius 1 is 1.10 bits per heavy atom. The summed E-state index contributed by atoms with van der Waals surface area (Å²) in [7, 11) is 0. The topological polar surface area (TPSA) is 49.9 Å². The van der Waals surface area contributed by atoms with Crippen molar-refractivity contribution in [2.45, 2.75) is 73.1 Å². The van der Waals surface area contributed by atoms with Crippen molar-refractivity contribution >= 4 is 28.0 Å². The zero-order valence-electron chi connectivity index (χ0n) is 18.3. The van der Waals surface area contributed by atoms with Crippen molar-refractivity contribution in [3.05, 3.63) is 51.7 Å². The zero-order chi connectivity index (χ0) is 20.9. The molecule has 0 aliphatic heterocycles. The van der Waals surface area contributed by atoms with Crippen molar-refractivity contribution in [3.8, 4) is 0 Å². The molecule has 0 radical (unpaired) electrons. The van der Waals surface area contributed by atoms with Gasteiger partial charge in [0.2, 0.25) is 11.6 Å². The summed E-state index contributed by atoms with van der Waals surface area (Å²) >= 11 is 0. The van der Waals surface area contributed by atoms with Crippen LogP contribution in [0.5, 0.6) is 0 Å². The molecule has 29 heavy (non-hydrogen) atoms. The fraction of sp³-hybridized carbons (Fsp3) is 0.462. The predicted molar refractivity (Wildman–Crippen MR) is 119 cm³/mol. The first-order valence-corrected chi connectivity index (χ1v) is 10.8. The molecule has 0 spiro atoms. The fourth-order valence-electron chi connectivity index (χ4n) is 5.10. The maximum absolute atomic E-state index is 12.9. The van der Waals surface area contributed by atoms with E-state index < -0.39 is 0 Å². The molecule has 1 N–H and O–H groups in total. The summed E-state index contributed by atoms with van der Waals surface area (Å²) < 4.78 is 0. The predicted octanol–water partition coefficient (Wildman–Crippen LogP) is 6.58. The maximum atomic E-state index is 12.9. The van der Waals surface area contributed by atoms with E-state index >= 15 is 0 Å². The van der Waals surface area contributed by atoms with E-state index in [4.69, 9.17) is 0 Å². The summed E-state index contributed by atoms with van der Waals surface area (Å²) in [5.74, 6) is -0.712. The number of allylic oxidation sites excluding steroid dienone is 4. The number of benzene rings is 1. The lowest BCUT2D eigenvalue weighted by molar-refractivity contribution is -0.111. The van der Waals surface area contributed by atoms with E-state index in [1.807, 2.05) is 0 Å². The van der Waals surface area contributed by atoms with E-state index in [2.05, 4.69) is 50.9 Å². The van der Waals surface area contributed by atoms with Gasteiger partial charge in [-0.25, -0.2) is 0 Å². The highest BCUT2D eigenvalue weighted by Gasteiger charge is 2.33.